The fraction of sp³-hybridized carbons (Fsp3) is 0.214. The minimum absolute atomic E-state index is 0.0779. The van der Waals surface area contributed by atoms with Gasteiger partial charge in [0.15, 0.2) is 0 Å². The number of nitrogen functional groups attached to an aromatic ring is 2. The monoisotopic (exact) mass is 266 g/mol. The van der Waals surface area contributed by atoms with E-state index < -0.39 is 0 Å². The molecule has 0 saturated carbocycles. The van der Waals surface area contributed by atoms with Crippen molar-refractivity contribution < 1.29 is 0 Å². The first-order chi connectivity index (χ1) is 9.60. The van der Waals surface area contributed by atoms with E-state index in [0.29, 0.717) is 5.69 Å². The summed E-state index contributed by atoms with van der Waals surface area (Å²) in [5.41, 5.74) is 15.4. The van der Waals surface area contributed by atoms with Gasteiger partial charge in [0.25, 0.3) is 0 Å². The molecule has 6 nitrogen and oxygen atoms in total. The molecule has 6 heteroatoms. The molecular formula is C14H14N6. The Morgan fingerprint density at radius 1 is 1.30 bits per heavy atom. The van der Waals surface area contributed by atoms with E-state index in [1.165, 1.54) is 11.3 Å². The highest BCUT2D eigenvalue weighted by Gasteiger charge is 2.18. The normalized spacial score (nSPS) is 13.1. The lowest BCUT2D eigenvalue weighted by Crippen LogP contribution is -2.12. The molecular weight excluding hydrogens is 252 g/mol. The summed E-state index contributed by atoms with van der Waals surface area (Å²) in [7, 11) is 2.06. The van der Waals surface area contributed by atoms with Gasteiger partial charge in [0.05, 0.1) is 5.69 Å². The van der Waals surface area contributed by atoms with E-state index in [9.17, 15) is 5.26 Å². The van der Waals surface area contributed by atoms with Crippen LogP contribution in [0.5, 0.6) is 0 Å². The van der Waals surface area contributed by atoms with Crippen molar-refractivity contribution in [1.29, 1.82) is 5.26 Å². The van der Waals surface area contributed by atoms with Gasteiger partial charge in [-0.05, 0) is 24.1 Å². The molecule has 4 N–H and O–H groups in total. The van der Waals surface area contributed by atoms with Gasteiger partial charge in [-0.3, -0.25) is 0 Å². The van der Waals surface area contributed by atoms with E-state index in [1.54, 1.807) is 0 Å². The molecule has 1 aromatic carbocycles. The van der Waals surface area contributed by atoms with Crippen LogP contribution in [0.3, 0.4) is 0 Å². The fourth-order valence-electron chi connectivity index (χ4n) is 2.53. The van der Waals surface area contributed by atoms with E-state index >= 15 is 0 Å². The van der Waals surface area contributed by atoms with Crippen LogP contribution in [0.25, 0.3) is 11.3 Å². The second-order valence-electron chi connectivity index (χ2n) is 4.82. The van der Waals surface area contributed by atoms with Crippen molar-refractivity contribution in [2.75, 3.05) is 30.0 Å². The highest BCUT2D eigenvalue weighted by Crippen LogP contribution is 2.32. The van der Waals surface area contributed by atoms with Gasteiger partial charge in [-0.2, -0.15) is 10.2 Å². The number of hydrogen-bond donors (Lipinski definition) is 2. The summed E-state index contributed by atoms with van der Waals surface area (Å²) < 4.78 is 0. The van der Waals surface area contributed by atoms with Crippen molar-refractivity contribution in [3.05, 3.63) is 29.3 Å². The SMILES string of the molecule is CN1CCc2cc(-c3nc(N)nc(N)c3C#N)ccc21. The second-order valence-corrected chi connectivity index (χ2v) is 4.82. The number of hydrogen-bond acceptors (Lipinski definition) is 6. The largest absolute Gasteiger partial charge is 0.382 e. The zero-order valence-corrected chi connectivity index (χ0v) is 11.1. The Morgan fingerprint density at radius 2 is 2.10 bits per heavy atom. The molecule has 0 spiro atoms. The summed E-state index contributed by atoms with van der Waals surface area (Å²) in [5.74, 6) is 0.196. The lowest BCUT2D eigenvalue weighted by Gasteiger charge is -2.12. The van der Waals surface area contributed by atoms with Gasteiger partial charge < -0.3 is 16.4 Å². The summed E-state index contributed by atoms with van der Waals surface area (Å²) in [6.07, 6.45) is 0.984. The lowest BCUT2D eigenvalue weighted by atomic mass is 10.0. The Labute approximate surface area is 116 Å². The number of likely N-dealkylation sites (N-methyl/N-ethyl adjacent to an activating group) is 1. The molecule has 0 unspecified atom stereocenters. The first kappa shape index (κ1) is 12.2. The molecule has 3 rings (SSSR count). The molecule has 0 saturated heterocycles. The molecule has 0 amide bonds. The van der Waals surface area contributed by atoms with Crippen molar-refractivity contribution >= 4 is 17.5 Å². The van der Waals surface area contributed by atoms with Crippen LogP contribution in [0.15, 0.2) is 18.2 Å². The molecule has 100 valence electrons. The molecule has 0 radical (unpaired) electrons. The maximum absolute atomic E-state index is 9.23. The number of anilines is 3. The van der Waals surface area contributed by atoms with Crippen molar-refractivity contribution in [3.63, 3.8) is 0 Å². The number of nitriles is 1. The summed E-state index contributed by atoms with van der Waals surface area (Å²) in [6, 6.07) is 8.06. The van der Waals surface area contributed by atoms with Crippen LogP contribution < -0.4 is 16.4 Å². The van der Waals surface area contributed by atoms with Gasteiger partial charge in [0.1, 0.15) is 17.5 Å². The van der Waals surface area contributed by atoms with Crippen LogP contribution in [0, 0.1) is 11.3 Å². The highest BCUT2D eigenvalue weighted by atomic mass is 15.1. The van der Waals surface area contributed by atoms with Gasteiger partial charge in [-0.1, -0.05) is 6.07 Å². The smallest absolute Gasteiger partial charge is 0.222 e. The summed E-state index contributed by atoms with van der Waals surface area (Å²) in [4.78, 5) is 10.2. The maximum Gasteiger partial charge on any atom is 0.222 e. The highest BCUT2D eigenvalue weighted by molar-refractivity contribution is 5.76. The molecule has 1 aliphatic rings. The number of benzene rings is 1. The van der Waals surface area contributed by atoms with Gasteiger partial charge >= 0.3 is 0 Å². The zero-order valence-electron chi connectivity index (χ0n) is 11.1. The first-order valence-corrected chi connectivity index (χ1v) is 6.27. The Kier molecular flexibility index (Phi) is 2.68. The zero-order chi connectivity index (χ0) is 14.3. The number of rotatable bonds is 1. The van der Waals surface area contributed by atoms with Crippen LogP contribution in [0.4, 0.5) is 17.5 Å². The predicted molar refractivity (Wildman–Crippen MR) is 78.0 cm³/mol. The molecule has 0 fully saturated rings. The van der Waals surface area contributed by atoms with E-state index in [-0.39, 0.29) is 17.3 Å². The van der Waals surface area contributed by atoms with Gasteiger partial charge in [-0.25, -0.2) is 4.98 Å². The molecule has 0 atom stereocenters. The third-order valence-corrected chi connectivity index (χ3v) is 3.55. The third-order valence-electron chi connectivity index (χ3n) is 3.55. The Bertz CT molecular complexity index is 731. The van der Waals surface area contributed by atoms with Crippen molar-refractivity contribution in [2.45, 2.75) is 6.42 Å². The molecule has 2 aromatic rings. The van der Waals surface area contributed by atoms with E-state index in [0.717, 1.165) is 18.5 Å². The molecule has 2 heterocycles. The predicted octanol–water partition coefficient (Wildman–Crippen LogP) is 1.17. The molecule has 1 aliphatic heterocycles. The molecule has 20 heavy (non-hydrogen) atoms. The standard InChI is InChI=1S/C14H14N6/c1-20-5-4-8-6-9(2-3-11(8)20)12-10(7-15)13(16)19-14(17)18-12/h2-3,6H,4-5H2,1H3,(H4,16,17,18,19). The average molecular weight is 266 g/mol. The van der Waals surface area contributed by atoms with Crippen LogP contribution in [0.1, 0.15) is 11.1 Å². The van der Waals surface area contributed by atoms with Crippen LogP contribution in [-0.2, 0) is 6.42 Å². The summed E-state index contributed by atoms with van der Waals surface area (Å²) in [6.45, 7) is 0.998. The number of aromatic nitrogens is 2. The summed E-state index contributed by atoms with van der Waals surface area (Å²) >= 11 is 0. The van der Waals surface area contributed by atoms with Crippen molar-refractivity contribution in [3.8, 4) is 17.3 Å². The van der Waals surface area contributed by atoms with Crippen LogP contribution in [-0.4, -0.2) is 23.6 Å². The molecule has 1 aromatic heterocycles. The van der Waals surface area contributed by atoms with Crippen molar-refractivity contribution in [2.24, 2.45) is 0 Å². The minimum atomic E-state index is 0.0779. The van der Waals surface area contributed by atoms with Gasteiger partial charge in [0.2, 0.25) is 5.95 Å². The van der Waals surface area contributed by atoms with Gasteiger partial charge in [0, 0.05) is 24.8 Å². The van der Waals surface area contributed by atoms with E-state index in [1.807, 2.05) is 18.2 Å². The lowest BCUT2D eigenvalue weighted by molar-refractivity contribution is 0.956. The van der Waals surface area contributed by atoms with E-state index in [2.05, 4.69) is 28.0 Å². The van der Waals surface area contributed by atoms with E-state index in [4.69, 9.17) is 11.5 Å². The van der Waals surface area contributed by atoms with Crippen molar-refractivity contribution in [1.82, 2.24) is 9.97 Å². The maximum atomic E-state index is 9.23. The molecule has 0 aliphatic carbocycles. The first-order valence-electron chi connectivity index (χ1n) is 6.27. The third kappa shape index (κ3) is 1.80. The quantitative estimate of drug-likeness (QED) is 0.802. The molecule has 0 bridgehead atoms. The second kappa shape index (κ2) is 4.38. The van der Waals surface area contributed by atoms with Gasteiger partial charge in [-0.15, -0.1) is 0 Å². The number of nitrogens with zero attached hydrogens (tertiary/aromatic N) is 4. The Balaban J connectivity index is 2.18. The summed E-state index contributed by atoms with van der Waals surface area (Å²) in [5, 5.41) is 9.23. The average Bonchev–Trinajstić information content (AvgIpc) is 2.79. The number of nitrogens with two attached hydrogens (primary N) is 2. The minimum Gasteiger partial charge on any atom is -0.382 e. The fourth-order valence-corrected chi connectivity index (χ4v) is 2.53. The van der Waals surface area contributed by atoms with Crippen LogP contribution in [0.2, 0.25) is 0 Å². The number of fused-ring (bicyclic) bond motifs is 1. The Hall–Kier alpha value is -2.81. The van der Waals surface area contributed by atoms with Crippen LogP contribution >= 0.6 is 0 Å². The Morgan fingerprint density at radius 3 is 2.85 bits per heavy atom. The topological polar surface area (TPSA) is 105 Å².